The summed E-state index contributed by atoms with van der Waals surface area (Å²) in [7, 11) is 0. The van der Waals surface area contributed by atoms with E-state index in [1.165, 1.54) is 34.4 Å². The largest absolute Gasteiger partial charge is 0.489 e. The number of amides is 6. The molecule has 0 bridgehead atoms. The van der Waals surface area contributed by atoms with E-state index in [1.807, 2.05) is 229 Å². The van der Waals surface area contributed by atoms with Crippen molar-refractivity contribution in [3.8, 4) is 34.5 Å². The van der Waals surface area contributed by atoms with Crippen molar-refractivity contribution >= 4 is 120 Å². The molecule has 0 aliphatic heterocycles. The summed E-state index contributed by atoms with van der Waals surface area (Å²) in [6, 6.07) is 67.3. The molecule has 18 nitrogen and oxygen atoms in total. The maximum atomic E-state index is 13.9. The predicted octanol–water partition coefficient (Wildman–Crippen LogP) is 29.7. The number of nitrogens with one attached hydrogen (secondary N) is 6. The highest BCUT2D eigenvalue weighted by molar-refractivity contribution is 14.1. The number of para-hydroxylation sites is 5. The fourth-order valence-corrected chi connectivity index (χ4v) is 15.2. The summed E-state index contributed by atoms with van der Waals surface area (Å²) in [6.07, 6.45) is -2.23. The minimum absolute atomic E-state index is 0.0110. The van der Waals surface area contributed by atoms with Crippen molar-refractivity contribution in [2.75, 3.05) is 31.9 Å². The first-order valence-corrected chi connectivity index (χ1v) is 47.8. The first-order valence-electron chi connectivity index (χ1n) is 45.6. The van der Waals surface area contributed by atoms with Gasteiger partial charge in [0.15, 0.2) is 0 Å². The molecule has 137 heavy (non-hydrogen) atoms. The van der Waals surface area contributed by atoms with Gasteiger partial charge >= 0.3 is 6.18 Å². The van der Waals surface area contributed by atoms with Crippen LogP contribution in [0.25, 0.3) is 0 Å². The van der Waals surface area contributed by atoms with E-state index in [2.05, 4.69) is 135 Å². The lowest BCUT2D eigenvalue weighted by Gasteiger charge is -2.19. The molecule has 25 heteroatoms. The summed E-state index contributed by atoms with van der Waals surface area (Å²) >= 11 is 11.9. The van der Waals surface area contributed by atoms with Gasteiger partial charge in [0, 0.05) is 85.6 Å². The van der Waals surface area contributed by atoms with Gasteiger partial charge in [-0.15, -0.1) is 0 Å². The predicted molar refractivity (Wildman–Crippen MR) is 558 cm³/mol. The number of aryl methyl sites for hydroxylation is 12. The summed E-state index contributed by atoms with van der Waals surface area (Å²) in [6.45, 7) is 41.0. The zero-order chi connectivity index (χ0) is 101. The van der Waals surface area contributed by atoms with Crippen LogP contribution in [0.15, 0.2) is 223 Å². The van der Waals surface area contributed by atoms with Crippen LogP contribution >= 0.6 is 50.1 Å². The smallest absolute Gasteiger partial charge is 0.416 e. The Balaban J connectivity index is 0.000000224. The number of alkyl halides is 3. The molecule has 0 heterocycles. The molecule has 0 aliphatic rings. The topological polar surface area (TPSA) is 230 Å². The van der Waals surface area contributed by atoms with Gasteiger partial charge in [-0.25, -0.2) is 4.39 Å². The summed E-state index contributed by atoms with van der Waals surface area (Å²) in [5.41, 5.74) is 22.1. The van der Waals surface area contributed by atoms with Crippen molar-refractivity contribution in [1.29, 1.82) is 0 Å². The van der Waals surface area contributed by atoms with Crippen LogP contribution in [0.4, 0.5) is 51.7 Å². The second kappa shape index (κ2) is 55.6. The number of rotatable bonds is 31. The van der Waals surface area contributed by atoms with E-state index in [1.54, 1.807) is 39.0 Å². The molecule has 6 amide bonds. The van der Waals surface area contributed by atoms with Crippen molar-refractivity contribution in [2.24, 2.45) is 0 Å². The number of anilines is 6. The van der Waals surface area contributed by atoms with Gasteiger partial charge in [0.25, 0.3) is 0 Å². The van der Waals surface area contributed by atoms with Crippen LogP contribution in [0.5, 0.6) is 34.5 Å². The second-order valence-electron chi connectivity index (χ2n) is 33.3. The highest BCUT2D eigenvalue weighted by Crippen LogP contribution is 2.37. The van der Waals surface area contributed by atoms with Crippen molar-refractivity contribution in [3.63, 3.8) is 0 Å². The number of hydrogen-bond donors (Lipinski definition) is 6. The Morgan fingerprint density at radius 1 is 0.328 bits per heavy atom. The molecule has 0 aliphatic carbocycles. The van der Waals surface area contributed by atoms with Crippen molar-refractivity contribution in [3.05, 3.63) is 349 Å². The molecule has 12 rings (SSSR count). The molecule has 12 aromatic rings. The molecule has 0 unspecified atom stereocenters. The average Bonchev–Trinajstić information content (AvgIpc) is 0.827. The van der Waals surface area contributed by atoms with Crippen LogP contribution in [0.3, 0.4) is 0 Å². The van der Waals surface area contributed by atoms with Gasteiger partial charge in [0.2, 0.25) is 35.4 Å². The Bertz CT molecular complexity index is 5650. The second-order valence-corrected chi connectivity index (χ2v) is 35.7. The minimum atomic E-state index is -4.47. The van der Waals surface area contributed by atoms with Crippen LogP contribution in [0.1, 0.15) is 211 Å². The molecule has 0 atom stereocenters. The van der Waals surface area contributed by atoms with Crippen molar-refractivity contribution in [2.45, 2.75) is 229 Å². The SMILES string of the molecule is CCC(=O)Nc1c(Br)cccc1COc1ccc(C)cc1C.CCC(=O)Nc1c(COc2ccc(C)cc2C)cccc1C(C)C.CCC(=O)Nc1c(Cl)cccc1COc1ccc(C)cc1C.CCC(=O)Nc1c(F)cccc1COc1ccc(C)cc1C.CCC(=O)Nc1c(I)cccc1COc1ccc(C)cc1C.CCC(=O)Nc1cc(C(F)(F)F)ccc1COc1ccc(C)cc1C. The van der Waals surface area contributed by atoms with Crippen LogP contribution in [0, 0.1) is 92.5 Å². The summed E-state index contributed by atoms with van der Waals surface area (Å²) < 4.78 is 89.8. The molecular weight excluding hydrogens is 1940 g/mol. The van der Waals surface area contributed by atoms with E-state index in [-0.39, 0.29) is 66.5 Å². The third kappa shape index (κ3) is 36.2. The Morgan fingerprint density at radius 3 is 0.956 bits per heavy atom. The summed E-state index contributed by atoms with van der Waals surface area (Å²) in [5.74, 6) is 4.10. The van der Waals surface area contributed by atoms with Crippen molar-refractivity contribution in [1.82, 2.24) is 0 Å². The average molecular weight is 2070 g/mol. The Kier molecular flexibility index (Phi) is 45.3. The Morgan fingerprint density at radius 2 is 0.606 bits per heavy atom. The highest BCUT2D eigenvalue weighted by atomic mass is 127. The summed E-state index contributed by atoms with van der Waals surface area (Å²) in [5, 5.41) is 17.4. The van der Waals surface area contributed by atoms with Gasteiger partial charge in [-0.05, 0) is 239 Å². The minimum Gasteiger partial charge on any atom is -0.489 e. The fraction of sp³-hybridized carbons (Fsp3) is 0.304. The van der Waals surface area contributed by atoms with Gasteiger partial charge in [-0.2, -0.15) is 13.2 Å². The molecule has 0 fully saturated rings. The van der Waals surface area contributed by atoms with E-state index in [9.17, 15) is 46.3 Å². The molecule has 0 saturated carbocycles. The van der Waals surface area contributed by atoms with Crippen LogP contribution in [-0.4, -0.2) is 35.4 Å². The molecule has 0 saturated heterocycles. The van der Waals surface area contributed by atoms with Gasteiger partial charge < -0.3 is 60.3 Å². The lowest BCUT2D eigenvalue weighted by Crippen LogP contribution is -2.14. The highest BCUT2D eigenvalue weighted by Gasteiger charge is 2.32. The van der Waals surface area contributed by atoms with Crippen molar-refractivity contribution < 1.29 is 74.8 Å². The maximum absolute atomic E-state index is 13.9. The molecule has 0 radical (unpaired) electrons. The number of benzene rings is 12. The third-order valence-corrected chi connectivity index (χ3v) is 23.3. The molecule has 0 spiro atoms. The van der Waals surface area contributed by atoms with E-state index in [4.69, 9.17) is 40.0 Å². The molecule has 6 N–H and O–H groups in total. The van der Waals surface area contributed by atoms with Crippen LogP contribution < -0.4 is 60.3 Å². The maximum Gasteiger partial charge on any atom is 0.416 e. The Hall–Kier alpha value is -12.5. The van der Waals surface area contributed by atoms with Gasteiger partial charge in [-0.1, -0.05) is 246 Å². The standard InChI is InChI=1S/C21H27NO2.C19H20F3NO2.C18H20BrNO2.C18H20ClNO2.C18H20FNO2.C18H20INO2/c1-6-20(23)22-21-17(8-7-9-18(21)14(2)3)13-24-19-11-10-15(4)12-16(19)5;1-4-18(24)23-16-10-15(19(20,21)22)7-6-14(16)11-25-17-8-5-12(2)9-13(17)3;4*1-4-17(21)20-18-14(6-5-7-15(18)19)11-22-16-9-8-12(2)10-13(16)3/h7-12,14H,6,13H2,1-5H3,(H,22,23);5-10H,4,11H2,1-3H3,(H,23,24);4*5-10H,4,11H2,1-3H3,(H,20,21). The van der Waals surface area contributed by atoms with E-state index < -0.39 is 17.6 Å². The lowest BCUT2D eigenvalue weighted by atomic mass is 9.97. The molecular formula is C112H127BrClF4IN6O12. The number of carbonyl (C=O) groups is 6. The first kappa shape index (κ1) is 111. The molecule has 12 aromatic carbocycles. The zero-order valence-corrected chi connectivity index (χ0v) is 86.4. The quantitative estimate of drug-likeness (QED) is 0.0176. The molecule has 0 aromatic heterocycles. The zero-order valence-electron chi connectivity index (χ0n) is 81.9. The Labute approximate surface area is 832 Å². The molecule has 726 valence electrons. The van der Waals surface area contributed by atoms with E-state index in [0.717, 1.165) is 138 Å². The fourth-order valence-electron chi connectivity index (χ4n) is 13.8. The van der Waals surface area contributed by atoms with Crippen LogP contribution in [0.2, 0.25) is 5.02 Å². The monoisotopic (exact) mass is 2060 g/mol. The van der Waals surface area contributed by atoms with Gasteiger partial charge in [0.1, 0.15) is 80.0 Å². The third-order valence-electron chi connectivity index (χ3n) is 21.4. The van der Waals surface area contributed by atoms with Crippen LogP contribution in [-0.2, 0) is 74.6 Å². The number of ether oxygens (including phenoxy) is 6. The lowest BCUT2D eigenvalue weighted by molar-refractivity contribution is -0.137. The normalized spacial score (nSPS) is 10.6. The number of hydrogen-bond acceptors (Lipinski definition) is 12. The first-order chi connectivity index (χ1) is 65.1. The number of carbonyl (C=O) groups excluding carboxylic acids is 6. The van der Waals surface area contributed by atoms with Gasteiger partial charge in [-0.3, -0.25) is 28.8 Å². The van der Waals surface area contributed by atoms with Gasteiger partial charge in [0.05, 0.1) is 39.0 Å². The summed E-state index contributed by atoms with van der Waals surface area (Å²) in [4.78, 5) is 70.1. The van der Waals surface area contributed by atoms with E-state index >= 15 is 0 Å². The van der Waals surface area contributed by atoms with E-state index in [0.29, 0.717) is 92.0 Å². The number of halogens is 7.